The Morgan fingerprint density at radius 2 is 1.32 bits per heavy atom. The van der Waals surface area contributed by atoms with E-state index >= 15 is 0 Å². The van der Waals surface area contributed by atoms with E-state index in [1.807, 2.05) is 47.9 Å². The number of aryl methyl sites for hydroxylation is 2. The van der Waals surface area contributed by atoms with Gasteiger partial charge < -0.3 is 9.47 Å². The number of ether oxygens (including phenoxy) is 2. The fourth-order valence-corrected chi connectivity index (χ4v) is 26.4. The molecule has 0 spiro atoms. The summed E-state index contributed by atoms with van der Waals surface area (Å²) < 4.78 is 56.1. The summed E-state index contributed by atoms with van der Waals surface area (Å²) in [5.74, 6) is 0.988. The molecule has 5 aromatic rings. The Labute approximate surface area is 309 Å². The molecule has 5 rings (SSSR count). The number of halogens is 3. The van der Waals surface area contributed by atoms with E-state index < -0.39 is 30.2 Å². The molecule has 4 heterocycles. The first-order valence-electron chi connectivity index (χ1n) is 17.0. The molecule has 0 aliphatic rings. The van der Waals surface area contributed by atoms with Crippen molar-refractivity contribution in [3.05, 3.63) is 69.1 Å². The van der Waals surface area contributed by atoms with Gasteiger partial charge in [0.25, 0.3) is 0 Å². The van der Waals surface area contributed by atoms with Crippen LogP contribution in [-0.2, 0) is 12.8 Å². The van der Waals surface area contributed by atoms with Crippen molar-refractivity contribution in [2.24, 2.45) is 0 Å². The number of aromatic nitrogens is 5. The number of hydrogen-bond acceptors (Lipinski definition) is 10. The van der Waals surface area contributed by atoms with Gasteiger partial charge in [0.05, 0.1) is 7.11 Å². The Morgan fingerprint density at radius 3 is 1.82 bits per heavy atom. The third kappa shape index (κ3) is 11.4. The number of rotatable bonds is 16. The summed E-state index contributed by atoms with van der Waals surface area (Å²) in [5, 5.41) is 5.75. The van der Waals surface area contributed by atoms with Crippen molar-refractivity contribution in [2.75, 3.05) is 7.11 Å². The van der Waals surface area contributed by atoms with Crippen LogP contribution in [0.1, 0.15) is 81.9 Å². The molecule has 0 amide bonds. The first kappa shape index (κ1) is 40.2. The zero-order valence-corrected chi connectivity index (χ0v) is 34.9. The molecule has 14 heteroatoms. The first-order valence-corrected chi connectivity index (χ1v) is 27.1. The molecule has 0 aliphatic heterocycles. The maximum atomic E-state index is 13.0. The molecule has 1 aromatic carbocycles. The summed E-state index contributed by atoms with van der Waals surface area (Å²) in [6.45, 7) is 11.2. The zero-order chi connectivity index (χ0) is 36.1. The van der Waals surface area contributed by atoms with Crippen LogP contribution in [0.15, 0.2) is 46.5 Å². The molecule has 0 unspecified atom stereocenters. The van der Waals surface area contributed by atoms with Crippen LogP contribution in [0, 0.1) is 13.8 Å². The Bertz CT molecular complexity index is 1740. The van der Waals surface area contributed by atoms with E-state index in [1.54, 1.807) is 16.2 Å². The van der Waals surface area contributed by atoms with E-state index in [2.05, 4.69) is 53.0 Å². The van der Waals surface area contributed by atoms with E-state index in [4.69, 9.17) is 14.5 Å². The molecule has 0 atom stereocenters. The summed E-state index contributed by atoms with van der Waals surface area (Å²) in [7, 11) is 1.58. The van der Waals surface area contributed by atoms with Crippen molar-refractivity contribution >= 4 is 55.4 Å². The molecular formula is C36H46F3N5O2S3Sn. The zero-order valence-electron chi connectivity index (χ0n) is 29.6. The largest absolute Gasteiger partial charge is 0.497 e. The van der Waals surface area contributed by atoms with Gasteiger partial charge >= 0.3 is 135 Å². The summed E-state index contributed by atoms with van der Waals surface area (Å²) in [6.07, 6.45) is 3.81. The van der Waals surface area contributed by atoms with Crippen LogP contribution < -0.4 is 12.5 Å². The minimum absolute atomic E-state index is 0.0515. The van der Waals surface area contributed by atoms with E-state index in [-0.39, 0.29) is 23.3 Å². The molecule has 50 heavy (non-hydrogen) atoms. The summed E-state index contributed by atoms with van der Waals surface area (Å²) >= 11 is 2.02. The van der Waals surface area contributed by atoms with Gasteiger partial charge in [-0.1, -0.05) is 12.1 Å². The van der Waals surface area contributed by atoms with Gasteiger partial charge in [-0.25, -0.2) is 15.0 Å². The van der Waals surface area contributed by atoms with Crippen LogP contribution in [0.4, 0.5) is 13.2 Å². The van der Waals surface area contributed by atoms with Crippen molar-refractivity contribution in [1.82, 2.24) is 24.9 Å². The van der Waals surface area contributed by atoms with E-state index in [0.717, 1.165) is 33.7 Å². The minimum atomic E-state index is -4.54. The van der Waals surface area contributed by atoms with E-state index in [9.17, 15) is 13.2 Å². The molecule has 0 saturated heterocycles. The van der Waals surface area contributed by atoms with Gasteiger partial charge in [-0.3, -0.25) is 0 Å². The molecule has 0 N–H and O–H groups in total. The van der Waals surface area contributed by atoms with Crippen molar-refractivity contribution in [3.63, 3.8) is 0 Å². The number of alkyl halides is 3. The standard InChI is InChI=1S/C20H15F3N4O2S2.C4H4NS.3C4H9.Sn/c1-11-9-30-18(24-11)14-7-16(29-8-12-3-5-13(28-2)6-4-12)27-17(25-14)19-26-15(10-31-19)20(21,22)23;1-4-2-6-3-5-4;3*1-3-4-2;/h3-7,9-10H,8H2,1-2H3;2H,1H3;3*1,3-4H2,2H3;. The van der Waals surface area contributed by atoms with Crippen LogP contribution in [0.25, 0.3) is 21.5 Å². The van der Waals surface area contributed by atoms with Crippen molar-refractivity contribution < 1.29 is 22.6 Å². The predicted molar refractivity (Wildman–Crippen MR) is 203 cm³/mol. The van der Waals surface area contributed by atoms with Gasteiger partial charge in [0, 0.05) is 22.5 Å². The molecule has 4 aromatic heterocycles. The van der Waals surface area contributed by atoms with Gasteiger partial charge in [-0.15, -0.1) is 22.7 Å². The van der Waals surface area contributed by atoms with E-state index in [0.29, 0.717) is 10.7 Å². The normalized spacial score (nSPS) is 11.7. The average Bonchev–Trinajstić information content (AvgIpc) is 3.89. The fourth-order valence-electron chi connectivity index (χ4n) is 5.40. The second-order valence-electron chi connectivity index (χ2n) is 12.3. The van der Waals surface area contributed by atoms with Gasteiger partial charge in [0.1, 0.15) is 23.1 Å². The van der Waals surface area contributed by atoms with Crippen molar-refractivity contribution in [2.45, 2.75) is 99.2 Å². The number of unbranched alkanes of at least 4 members (excludes halogenated alkanes) is 3. The van der Waals surface area contributed by atoms with Gasteiger partial charge in [0.15, 0.2) is 16.5 Å². The third-order valence-corrected chi connectivity index (χ3v) is 28.8. The number of methoxy groups -OCH3 is 1. The maximum Gasteiger partial charge on any atom is 0.434 e. The third-order valence-electron chi connectivity index (χ3n) is 8.17. The minimum Gasteiger partial charge on any atom is -0.497 e. The quantitative estimate of drug-likeness (QED) is 0.0914. The first-order chi connectivity index (χ1) is 24.0. The number of nitrogens with zero attached hydrogens (tertiary/aromatic N) is 5. The summed E-state index contributed by atoms with van der Waals surface area (Å²) in [6, 6.07) is 8.93. The van der Waals surface area contributed by atoms with Crippen LogP contribution in [0.2, 0.25) is 13.3 Å². The second-order valence-corrected chi connectivity index (χ2v) is 28.8. The van der Waals surface area contributed by atoms with Crippen LogP contribution in [-0.4, -0.2) is 50.4 Å². The SMILES string of the molecule is CCC[CH2][Sn]([CH2]CCC)([CH2]CCC)[c]1nc(C)cs1.COc1ccc(COc2cc(-c3nc(C)cs3)nc(-c3nc(C(F)(F)F)cs3)n2)cc1. The predicted octanol–water partition coefficient (Wildman–Crippen LogP) is 11.1. The Morgan fingerprint density at radius 1 is 0.720 bits per heavy atom. The molecule has 0 radical (unpaired) electrons. The van der Waals surface area contributed by atoms with Crippen molar-refractivity contribution in [1.29, 1.82) is 0 Å². The Kier molecular flexibility index (Phi) is 15.5. The maximum absolute atomic E-state index is 13.0. The van der Waals surface area contributed by atoms with Crippen LogP contribution >= 0.6 is 34.0 Å². The number of benzene rings is 1. The van der Waals surface area contributed by atoms with Gasteiger partial charge in [-0.05, 0) is 24.6 Å². The molecule has 0 saturated carbocycles. The summed E-state index contributed by atoms with van der Waals surface area (Å²) in [4.78, 5) is 21.7. The van der Waals surface area contributed by atoms with Crippen LogP contribution in [0.5, 0.6) is 11.6 Å². The average molecular weight is 853 g/mol. The topological polar surface area (TPSA) is 82.9 Å². The molecule has 0 aliphatic carbocycles. The number of hydrogen-bond donors (Lipinski definition) is 0. The van der Waals surface area contributed by atoms with Gasteiger partial charge in [0.2, 0.25) is 5.88 Å². The van der Waals surface area contributed by atoms with E-state index in [1.165, 1.54) is 68.9 Å². The number of thiazole rings is 3. The Hall–Kier alpha value is -2.62. The van der Waals surface area contributed by atoms with Crippen molar-refractivity contribution in [3.8, 4) is 33.2 Å². The molecule has 0 fully saturated rings. The monoisotopic (exact) mass is 853 g/mol. The smallest absolute Gasteiger partial charge is 0.434 e. The molecule has 0 bridgehead atoms. The summed E-state index contributed by atoms with van der Waals surface area (Å²) in [5.41, 5.74) is 2.42. The van der Waals surface area contributed by atoms with Gasteiger partial charge in [-0.2, -0.15) is 18.2 Å². The fraction of sp³-hybridized carbons (Fsp3) is 0.472. The molecular weight excluding hydrogens is 806 g/mol. The molecule has 7 nitrogen and oxygen atoms in total. The van der Waals surface area contributed by atoms with Crippen LogP contribution in [0.3, 0.4) is 0 Å². The second kappa shape index (κ2) is 19.3. The Balaban J connectivity index is 0.000000255. The molecule has 270 valence electrons.